The van der Waals surface area contributed by atoms with Gasteiger partial charge in [0.25, 0.3) is 5.91 Å². The molecular formula is C16H16BrN3O2. The van der Waals surface area contributed by atoms with Gasteiger partial charge in [-0.25, -0.2) is 5.43 Å². The number of hydrazone groups is 1. The first kappa shape index (κ1) is 16.0. The fourth-order valence-corrected chi connectivity index (χ4v) is 2.14. The number of rotatable bonds is 6. The Morgan fingerprint density at radius 2 is 2.09 bits per heavy atom. The Morgan fingerprint density at radius 1 is 1.27 bits per heavy atom. The second kappa shape index (κ2) is 8.19. The molecule has 0 saturated carbocycles. The van der Waals surface area contributed by atoms with Crippen molar-refractivity contribution in [2.45, 2.75) is 0 Å². The van der Waals surface area contributed by atoms with Crippen LogP contribution in [0.15, 0.2) is 58.1 Å². The lowest BCUT2D eigenvalue weighted by molar-refractivity contribution is -0.119. The average molecular weight is 362 g/mol. The lowest BCUT2D eigenvalue weighted by atomic mass is 10.2. The van der Waals surface area contributed by atoms with Crippen molar-refractivity contribution in [1.82, 2.24) is 5.43 Å². The fourth-order valence-electron chi connectivity index (χ4n) is 1.72. The van der Waals surface area contributed by atoms with E-state index in [9.17, 15) is 4.79 Å². The molecule has 22 heavy (non-hydrogen) atoms. The molecule has 0 radical (unpaired) electrons. The summed E-state index contributed by atoms with van der Waals surface area (Å²) in [5, 5.41) is 6.92. The number of hydrogen-bond donors (Lipinski definition) is 2. The van der Waals surface area contributed by atoms with E-state index in [0.29, 0.717) is 0 Å². The minimum Gasteiger partial charge on any atom is -0.497 e. The van der Waals surface area contributed by atoms with E-state index in [1.165, 1.54) is 0 Å². The molecule has 1 amide bonds. The molecular weight excluding hydrogens is 346 g/mol. The van der Waals surface area contributed by atoms with Gasteiger partial charge in [0.2, 0.25) is 0 Å². The summed E-state index contributed by atoms with van der Waals surface area (Å²) in [6, 6.07) is 15.0. The van der Waals surface area contributed by atoms with Crippen LogP contribution in [0.3, 0.4) is 0 Å². The van der Waals surface area contributed by atoms with Gasteiger partial charge in [0.05, 0.1) is 19.9 Å². The first-order valence-electron chi connectivity index (χ1n) is 6.63. The standard InChI is InChI=1S/C16H16BrN3O2/c1-22-15-7-3-6-14(9-15)18-11-16(21)20-19-10-12-4-2-5-13(17)8-12/h2-10,18H,11H2,1H3,(H,20,21)/b19-10-. The minimum atomic E-state index is -0.228. The fraction of sp³-hybridized carbons (Fsp3) is 0.125. The molecule has 2 N–H and O–H groups in total. The zero-order valence-corrected chi connectivity index (χ0v) is 13.6. The minimum absolute atomic E-state index is 0.128. The maximum Gasteiger partial charge on any atom is 0.259 e. The average Bonchev–Trinajstić information content (AvgIpc) is 2.53. The van der Waals surface area contributed by atoms with E-state index >= 15 is 0 Å². The molecule has 0 atom stereocenters. The highest BCUT2D eigenvalue weighted by Crippen LogP contribution is 2.16. The van der Waals surface area contributed by atoms with E-state index < -0.39 is 0 Å². The van der Waals surface area contributed by atoms with Crippen molar-refractivity contribution in [2.24, 2.45) is 5.10 Å². The highest BCUT2D eigenvalue weighted by molar-refractivity contribution is 9.10. The number of carbonyl (C=O) groups is 1. The zero-order chi connectivity index (χ0) is 15.8. The van der Waals surface area contributed by atoms with E-state index in [1.807, 2.05) is 48.5 Å². The molecule has 0 aromatic heterocycles. The third kappa shape index (κ3) is 5.21. The van der Waals surface area contributed by atoms with Crippen molar-refractivity contribution in [1.29, 1.82) is 0 Å². The number of amides is 1. The maximum atomic E-state index is 11.7. The van der Waals surface area contributed by atoms with Crippen LogP contribution in [0.2, 0.25) is 0 Å². The van der Waals surface area contributed by atoms with Gasteiger partial charge in [-0.3, -0.25) is 4.79 Å². The van der Waals surface area contributed by atoms with Gasteiger partial charge in [0, 0.05) is 16.2 Å². The quantitative estimate of drug-likeness (QED) is 0.613. The highest BCUT2D eigenvalue weighted by atomic mass is 79.9. The summed E-state index contributed by atoms with van der Waals surface area (Å²) in [7, 11) is 1.60. The van der Waals surface area contributed by atoms with E-state index in [4.69, 9.17) is 4.74 Å². The molecule has 0 heterocycles. The van der Waals surface area contributed by atoms with Crippen LogP contribution in [0, 0.1) is 0 Å². The van der Waals surface area contributed by atoms with E-state index in [1.54, 1.807) is 13.3 Å². The lowest BCUT2D eigenvalue weighted by Gasteiger charge is -2.06. The molecule has 2 aromatic carbocycles. The number of hydrogen-bond acceptors (Lipinski definition) is 4. The SMILES string of the molecule is COc1cccc(NCC(=O)N/N=C\c2cccc(Br)c2)c1. The summed E-state index contributed by atoms with van der Waals surface area (Å²) in [6.07, 6.45) is 1.59. The number of benzene rings is 2. The largest absolute Gasteiger partial charge is 0.497 e. The van der Waals surface area contributed by atoms with Crippen molar-refractivity contribution in [3.8, 4) is 5.75 Å². The summed E-state index contributed by atoms with van der Waals surface area (Å²) in [4.78, 5) is 11.7. The summed E-state index contributed by atoms with van der Waals surface area (Å²) >= 11 is 3.38. The van der Waals surface area contributed by atoms with Crippen LogP contribution in [0.25, 0.3) is 0 Å². The molecule has 0 aliphatic carbocycles. The summed E-state index contributed by atoms with van der Waals surface area (Å²) in [5.41, 5.74) is 4.18. The van der Waals surface area contributed by atoms with Crippen LogP contribution in [0.1, 0.15) is 5.56 Å². The molecule has 0 bridgehead atoms. The molecule has 0 spiro atoms. The number of nitrogens with zero attached hydrogens (tertiary/aromatic N) is 1. The second-order valence-corrected chi connectivity index (χ2v) is 5.35. The van der Waals surface area contributed by atoms with Crippen LogP contribution in [0.5, 0.6) is 5.75 Å². The Labute approximate surface area is 137 Å². The van der Waals surface area contributed by atoms with Gasteiger partial charge in [0.1, 0.15) is 5.75 Å². The molecule has 0 aliphatic rings. The molecule has 6 heteroatoms. The Bertz CT molecular complexity index is 674. The molecule has 2 rings (SSSR count). The highest BCUT2D eigenvalue weighted by Gasteiger charge is 2.00. The van der Waals surface area contributed by atoms with Gasteiger partial charge in [-0.2, -0.15) is 5.10 Å². The number of ether oxygens (including phenoxy) is 1. The molecule has 0 unspecified atom stereocenters. The predicted octanol–water partition coefficient (Wildman–Crippen LogP) is 3.02. The molecule has 0 fully saturated rings. The summed E-state index contributed by atoms with van der Waals surface area (Å²) in [6.45, 7) is 0.128. The maximum absolute atomic E-state index is 11.7. The van der Waals surface area contributed by atoms with E-state index in [-0.39, 0.29) is 12.5 Å². The normalized spacial score (nSPS) is 10.5. The van der Waals surface area contributed by atoms with Gasteiger partial charge in [-0.05, 0) is 29.8 Å². The smallest absolute Gasteiger partial charge is 0.259 e. The van der Waals surface area contributed by atoms with Gasteiger partial charge in [-0.15, -0.1) is 0 Å². The third-order valence-corrected chi connectivity index (χ3v) is 3.27. The first-order valence-corrected chi connectivity index (χ1v) is 7.42. The Hall–Kier alpha value is -2.34. The van der Waals surface area contributed by atoms with Gasteiger partial charge >= 0.3 is 0 Å². The van der Waals surface area contributed by atoms with E-state index in [2.05, 4.69) is 31.8 Å². The van der Waals surface area contributed by atoms with Crippen molar-refractivity contribution >= 4 is 33.7 Å². The molecule has 0 saturated heterocycles. The first-order chi connectivity index (χ1) is 10.7. The molecule has 5 nitrogen and oxygen atoms in total. The summed E-state index contributed by atoms with van der Waals surface area (Å²) in [5.74, 6) is 0.507. The molecule has 0 aliphatic heterocycles. The number of carbonyl (C=O) groups excluding carboxylic acids is 1. The zero-order valence-electron chi connectivity index (χ0n) is 12.0. The number of nitrogens with one attached hydrogen (secondary N) is 2. The van der Waals surface area contributed by atoms with Crippen molar-refractivity contribution in [3.63, 3.8) is 0 Å². The predicted molar refractivity (Wildman–Crippen MR) is 91.4 cm³/mol. The monoisotopic (exact) mass is 361 g/mol. The van der Waals surface area contributed by atoms with Gasteiger partial charge in [-0.1, -0.05) is 34.1 Å². The Kier molecular flexibility index (Phi) is 5.97. The Balaban J connectivity index is 1.80. The number of anilines is 1. The van der Waals surface area contributed by atoms with Crippen LogP contribution >= 0.6 is 15.9 Å². The molecule has 114 valence electrons. The van der Waals surface area contributed by atoms with E-state index in [0.717, 1.165) is 21.5 Å². The summed E-state index contributed by atoms with van der Waals surface area (Å²) < 4.78 is 6.08. The van der Waals surface area contributed by atoms with Crippen LogP contribution < -0.4 is 15.5 Å². The van der Waals surface area contributed by atoms with Crippen LogP contribution in [-0.4, -0.2) is 25.8 Å². The number of methoxy groups -OCH3 is 1. The third-order valence-electron chi connectivity index (χ3n) is 2.77. The van der Waals surface area contributed by atoms with Crippen LogP contribution in [-0.2, 0) is 4.79 Å². The van der Waals surface area contributed by atoms with Gasteiger partial charge < -0.3 is 10.1 Å². The lowest BCUT2D eigenvalue weighted by Crippen LogP contribution is -2.25. The van der Waals surface area contributed by atoms with Crippen LogP contribution in [0.4, 0.5) is 5.69 Å². The molecule has 2 aromatic rings. The van der Waals surface area contributed by atoms with Gasteiger partial charge in [0.15, 0.2) is 0 Å². The van der Waals surface area contributed by atoms with Crippen molar-refractivity contribution in [3.05, 3.63) is 58.6 Å². The topological polar surface area (TPSA) is 62.7 Å². The van der Waals surface area contributed by atoms with Crippen molar-refractivity contribution in [2.75, 3.05) is 19.0 Å². The van der Waals surface area contributed by atoms with Crippen molar-refractivity contribution < 1.29 is 9.53 Å². The second-order valence-electron chi connectivity index (χ2n) is 4.43. The number of halogens is 1. The Morgan fingerprint density at radius 3 is 2.86 bits per heavy atom.